The lowest BCUT2D eigenvalue weighted by Crippen LogP contribution is -2.21. The first-order chi connectivity index (χ1) is 9.66. The van der Waals surface area contributed by atoms with Crippen molar-refractivity contribution < 1.29 is 9.26 Å². The first-order valence-corrected chi connectivity index (χ1v) is 6.80. The molecule has 0 aromatic carbocycles. The predicted molar refractivity (Wildman–Crippen MR) is 73.7 cm³/mol. The first-order valence-electron chi connectivity index (χ1n) is 6.80. The molecule has 0 radical (unpaired) electrons. The smallest absolute Gasteiger partial charge is 0.265 e. The monoisotopic (exact) mass is 277 g/mol. The van der Waals surface area contributed by atoms with E-state index < -0.39 is 0 Å². The molecule has 3 rings (SSSR count). The van der Waals surface area contributed by atoms with Crippen molar-refractivity contribution in [1.29, 1.82) is 0 Å². The van der Waals surface area contributed by atoms with E-state index in [9.17, 15) is 0 Å². The fraction of sp³-hybridized carbons (Fsp3) is 0.615. The van der Waals surface area contributed by atoms with Crippen LogP contribution >= 0.6 is 0 Å². The first kappa shape index (κ1) is 13.1. The van der Waals surface area contributed by atoms with Gasteiger partial charge in [0, 0.05) is 33.0 Å². The highest BCUT2D eigenvalue weighted by molar-refractivity contribution is 5.56. The van der Waals surface area contributed by atoms with Crippen molar-refractivity contribution in [2.75, 3.05) is 32.2 Å². The average molecular weight is 277 g/mol. The van der Waals surface area contributed by atoms with Gasteiger partial charge in [0.05, 0.1) is 17.8 Å². The Bertz CT molecular complexity index is 583. The van der Waals surface area contributed by atoms with Crippen LogP contribution in [-0.4, -0.2) is 47.2 Å². The van der Waals surface area contributed by atoms with Crippen molar-refractivity contribution in [3.63, 3.8) is 0 Å². The van der Waals surface area contributed by atoms with Crippen LogP contribution < -0.4 is 4.90 Å². The van der Waals surface area contributed by atoms with Gasteiger partial charge in [0.2, 0.25) is 0 Å². The third-order valence-corrected chi connectivity index (χ3v) is 3.63. The number of hydrogen-bond acceptors (Lipinski definition) is 6. The Morgan fingerprint density at radius 3 is 2.70 bits per heavy atom. The second kappa shape index (κ2) is 5.24. The van der Waals surface area contributed by atoms with E-state index in [-0.39, 0.29) is 0 Å². The molecule has 0 N–H and O–H groups in total. The van der Waals surface area contributed by atoms with E-state index in [1.54, 1.807) is 6.20 Å². The quantitative estimate of drug-likeness (QED) is 0.850. The van der Waals surface area contributed by atoms with Crippen LogP contribution in [0.1, 0.15) is 24.6 Å². The van der Waals surface area contributed by atoms with Crippen LogP contribution in [0, 0.1) is 6.92 Å². The molecule has 1 fully saturated rings. The number of nitrogens with zero attached hydrogens (tertiary/aromatic N) is 5. The molecular formula is C13H19N5O2. The number of ether oxygens (including phenoxy) is 1. The molecule has 108 valence electrons. The van der Waals surface area contributed by atoms with E-state index in [1.807, 2.05) is 25.9 Å². The van der Waals surface area contributed by atoms with Gasteiger partial charge in [-0.05, 0) is 24.9 Å². The summed E-state index contributed by atoms with van der Waals surface area (Å²) in [6.07, 6.45) is 3.79. The van der Waals surface area contributed by atoms with Gasteiger partial charge in [-0.25, -0.2) is 0 Å². The maximum atomic E-state index is 5.39. The highest BCUT2D eigenvalue weighted by Crippen LogP contribution is 2.28. The molecule has 1 aliphatic heterocycles. The Hall–Kier alpha value is -1.89. The molecule has 0 atom stereocenters. The Morgan fingerprint density at radius 2 is 2.05 bits per heavy atom. The van der Waals surface area contributed by atoms with Gasteiger partial charge in [-0.1, -0.05) is 0 Å². The van der Waals surface area contributed by atoms with Crippen molar-refractivity contribution in [1.82, 2.24) is 19.9 Å². The van der Waals surface area contributed by atoms with Gasteiger partial charge in [0.1, 0.15) is 0 Å². The molecule has 0 bridgehead atoms. The van der Waals surface area contributed by atoms with Crippen molar-refractivity contribution in [2.24, 2.45) is 0 Å². The second-order valence-electron chi connectivity index (χ2n) is 5.23. The summed E-state index contributed by atoms with van der Waals surface area (Å²) in [6, 6.07) is 0.397. The maximum absolute atomic E-state index is 5.39. The van der Waals surface area contributed by atoms with E-state index in [2.05, 4.69) is 19.9 Å². The average Bonchev–Trinajstić information content (AvgIpc) is 3.06. The highest BCUT2D eigenvalue weighted by atomic mass is 16.5. The van der Waals surface area contributed by atoms with Crippen molar-refractivity contribution in [3.05, 3.63) is 11.9 Å². The Labute approximate surface area is 117 Å². The molecule has 0 aliphatic carbocycles. The van der Waals surface area contributed by atoms with E-state index in [1.165, 1.54) is 0 Å². The number of hydrogen-bond donors (Lipinski definition) is 0. The minimum atomic E-state index is 0.397. The Balaban J connectivity index is 1.88. The van der Waals surface area contributed by atoms with Crippen LogP contribution in [0.25, 0.3) is 11.5 Å². The van der Waals surface area contributed by atoms with Crippen molar-refractivity contribution in [2.45, 2.75) is 25.8 Å². The van der Waals surface area contributed by atoms with Gasteiger partial charge in [-0.15, -0.1) is 0 Å². The van der Waals surface area contributed by atoms with Gasteiger partial charge in [0.15, 0.2) is 0 Å². The third-order valence-electron chi connectivity index (χ3n) is 3.63. The molecule has 7 heteroatoms. The lowest BCUT2D eigenvalue weighted by Gasteiger charge is -2.23. The molecule has 0 unspecified atom stereocenters. The number of rotatable bonds is 3. The largest absolute Gasteiger partial charge is 0.381 e. The predicted octanol–water partition coefficient (Wildman–Crippen LogP) is 1.66. The van der Waals surface area contributed by atoms with Crippen LogP contribution in [0.5, 0.6) is 0 Å². The van der Waals surface area contributed by atoms with Crippen molar-refractivity contribution in [3.8, 4) is 11.5 Å². The number of anilines is 1. The van der Waals surface area contributed by atoms with E-state index in [0.29, 0.717) is 17.9 Å². The molecule has 20 heavy (non-hydrogen) atoms. The van der Waals surface area contributed by atoms with Crippen LogP contribution in [0.4, 0.5) is 5.95 Å². The summed E-state index contributed by atoms with van der Waals surface area (Å²) in [5, 5.41) is 8.43. The van der Waals surface area contributed by atoms with E-state index in [0.717, 1.165) is 37.3 Å². The van der Waals surface area contributed by atoms with Crippen LogP contribution in [0.15, 0.2) is 10.7 Å². The van der Waals surface area contributed by atoms with Gasteiger partial charge in [0.25, 0.3) is 11.8 Å². The summed E-state index contributed by atoms with van der Waals surface area (Å²) in [5.41, 5.74) is 1.96. The molecule has 0 spiro atoms. The second-order valence-corrected chi connectivity index (χ2v) is 5.23. The Kier molecular flexibility index (Phi) is 3.43. The van der Waals surface area contributed by atoms with Gasteiger partial charge >= 0.3 is 0 Å². The zero-order chi connectivity index (χ0) is 14.1. The zero-order valence-electron chi connectivity index (χ0n) is 12.0. The zero-order valence-corrected chi connectivity index (χ0v) is 12.0. The molecule has 1 aliphatic rings. The van der Waals surface area contributed by atoms with Crippen LogP contribution in [0.2, 0.25) is 0 Å². The molecule has 0 saturated carbocycles. The molecule has 2 aromatic rings. The fourth-order valence-corrected chi connectivity index (χ4v) is 2.44. The van der Waals surface area contributed by atoms with E-state index >= 15 is 0 Å². The van der Waals surface area contributed by atoms with Crippen LogP contribution in [0.3, 0.4) is 0 Å². The van der Waals surface area contributed by atoms with Gasteiger partial charge in [-0.3, -0.25) is 4.68 Å². The van der Waals surface area contributed by atoms with Crippen molar-refractivity contribution >= 4 is 5.95 Å². The molecule has 1 saturated heterocycles. The maximum Gasteiger partial charge on any atom is 0.265 e. The summed E-state index contributed by atoms with van der Waals surface area (Å²) in [7, 11) is 3.76. The SMILES string of the molecule is Cc1c(-c2nc(N(C)C)no2)cnn1C1CCOCC1. The summed E-state index contributed by atoms with van der Waals surface area (Å²) in [5.74, 6) is 1.09. The summed E-state index contributed by atoms with van der Waals surface area (Å²) in [6.45, 7) is 3.63. The standard InChI is InChI=1S/C13H19N5O2/c1-9-11(12-15-13(16-20-12)17(2)3)8-14-18(9)10-4-6-19-7-5-10/h8,10H,4-7H2,1-3H3. The number of aromatic nitrogens is 4. The summed E-state index contributed by atoms with van der Waals surface area (Å²) < 4.78 is 12.8. The minimum absolute atomic E-state index is 0.397. The topological polar surface area (TPSA) is 69.2 Å². The van der Waals surface area contributed by atoms with Crippen LogP contribution in [-0.2, 0) is 4.74 Å². The molecule has 7 nitrogen and oxygen atoms in total. The molecule has 0 amide bonds. The molecular weight excluding hydrogens is 258 g/mol. The summed E-state index contributed by atoms with van der Waals surface area (Å²) >= 11 is 0. The minimum Gasteiger partial charge on any atom is -0.381 e. The van der Waals surface area contributed by atoms with E-state index in [4.69, 9.17) is 9.26 Å². The molecule has 2 aromatic heterocycles. The van der Waals surface area contributed by atoms with Gasteiger partial charge < -0.3 is 14.2 Å². The third kappa shape index (κ3) is 2.29. The lowest BCUT2D eigenvalue weighted by atomic mass is 10.1. The summed E-state index contributed by atoms with van der Waals surface area (Å²) in [4.78, 5) is 6.18. The fourth-order valence-electron chi connectivity index (χ4n) is 2.44. The molecule has 3 heterocycles. The highest BCUT2D eigenvalue weighted by Gasteiger charge is 2.22. The van der Waals surface area contributed by atoms with Gasteiger partial charge in [-0.2, -0.15) is 10.1 Å². The normalized spacial score (nSPS) is 16.6. The Morgan fingerprint density at radius 1 is 1.30 bits per heavy atom. The lowest BCUT2D eigenvalue weighted by molar-refractivity contribution is 0.0657.